The summed E-state index contributed by atoms with van der Waals surface area (Å²) < 4.78 is 0. The lowest BCUT2D eigenvalue weighted by Crippen LogP contribution is -2.22. The summed E-state index contributed by atoms with van der Waals surface area (Å²) in [6.45, 7) is 0. The first-order valence-corrected chi connectivity index (χ1v) is 6.46. The van der Waals surface area contributed by atoms with E-state index in [4.69, 9.17) is 0 Å². The molecule has 2 aromatic rings. The van der Waals surface area contributed by atoms with E-state index in [0.717, 1.165) is 5.56 Å². The lowest BCUT2D eigenvalue weighted by atomic mass is 10.1. The van der Waals surface area contributed by atoms with Gasteiger partial charge in [-0.3, -0.25) is 9.59 Å². The SMILES string of the molecule is O=C1N=C(/N=C2\NC(=O)c3ccccc32)c2ccccc21. The van der Waals surface area contributed by atoms with Crippen LogP contribution >= 0.6 is 0 Å². The summed E-state index contributed by atoms with van der Waals surface area (Å²) in [6.07, 6.45) is 0. The molecule has 5 nitrogen and oxygen atoms in total. The fourth-order valence-electron chi connectivity index (χ4n) is 2.49. The van der Waals surface area contributed by atoms with Crippen molar-refractivity contribution in [2.24, 2.45) is 9.98 Å². The highest BCUT2D eigenvalue weighted by atomic mass is 16.2. The van der Waals surface area contributed by atoms with Crippen molar-refractivity contribution in [3.8, 4) is 0 Å². The number of nitrogens with zero attached hydrogens (tertiary/aromatic N) is 2. The molecule has 2 aliphatic rings. The predicted octanol–water partition coefficient (Wildman–Crippen LogP) is 1.78. The smallest absolute Gasteiger partial charge is 0.279 e. The van der Waals surface area contributed by atoms with Gasteiger partial charge in [-0.25, -0.2) is 4.99 Å². The number of amides is 2. The summed E-state index contributed by atoms with van der Waals surface area (Å²) in [5, 5.41) is 2.71. The quantitative estimate of drug-likeness (QED) is 0.796. The largest absolute Gasteiger partial charge is 0.306 e. The van der Waals surface area contributed by atoms with E-state index in [9.17, 15) is 9.59 Å². The minimum Gasteiger partial charge on any atom is -0.306 e. The third kappa shape index (κ3) is 1.71. The van der Waals surface area contributed by atoms with Crippen molar-refractivity contribution in [1.82, 2.24) is 5.32 Å². The van der Waals surface area contributed by atoms with Crippen LogP contribution in [0, 0.1) is 0 Å². The van der Waals surface area contributed by atoms with E-state index in [1.807, 2.05) is 18.2 Å². The normalized spacial score (nSPS) is 17.5. The molecule has 0 aliphatic carbocycles. The van der Waals surface area contributed by atoms with E-state index < -0.39 is 0 Å². The highest BCUT2D eigenvalue weighted by Crippen LogP contribution is 2.21. The molecule has 1 N–H and O–H groups in total. The maximum atomic E-state index is 11.9. The summed E-state index contributed by atoms with van der Waals surface area (Å²) in [5.74, 6) is 0.270. The third-order valence-corrected chi connectivity index (χ3v) is 3.48. The van der Waals surface area contributed by atoms with Crippen LogP contribution in [0.15, 0.2) is 58.5 Å². The molecule has 0 radical (unpaired) electrons. The molecular weight excluding hydrogens is 266 g/mol. The monoisotopic (exact) mass is 275 g/mol. The van der Waals surface area contributed by atoms with E-state index in [1.165, 1.54) is 0 Å². The number of carbonyl (C=O) groups is 2. The minimum atomic E-state index is -0.303. The molecule has 5 heteroatoms. The van der Waals surface area contributed by atoms with E-state index in [0.29, 0.717) is 28.4 Å². The third-order valence-electron chi connectivity index (χ3n) is 3.48. The lowest BCUT2D eigenvalue weighted by Gasteiger charge is -2.00. The number of hydrogen-bond acceptors (Lipinski definition) is 3. The molecule has 2 aliphatic heterocycles. The minimum absolute atomic E-state index is 0.192. The molecule has 0 saturated heterocycles. The number of rotatable bonds is 0. The molecule has 4 rings (SSSR count). The van der Waals surface area contributed by atoms with Crippen LogP contribution in [0.4, 0.5) is 0 Å². The Kier molecular flexibility index (Phi) is 2.35. The van der Waals surface area contributed by atoms with Crippen molar-refractivity contribution in [3.05, 3.63) is 70.8 Å². The maximum Gasteiger partial charge on any atom is 0.279 e. The van der Waals surface area contributed by atoms with Crippen LogP contribution in [0.1, 0.15) is 31.8 Å². The van der Waals surface area contributed by atoms with Crippen molar-refractivity contribution in [2.45, 2.75) is 0 Å². The number of benzene rings is 2. The van der Waals surface area contributed by atoms with Crippen molar-refractivity contribution < 1.29 is 9.59 Å². The molecule has 0 unspecified atom stereocenters. The zero-order chi connectivity index (χ0) is 14.4. The standard InChI is InChI=1S/C16H9N3O2/c20-15-11-7-3-1-5-9(11)13(18-15)17-14-10-6-2-4-8-12(10)16(21)19-14/h1-8H,(H,17,18,19,20,21). The molecule has 2 amide bonds. The Morgan fingerprint density at radius 3 is 2.19 bits per heavy atom. The van der Waals surface area contributed by atoms with Crippen molar-refractivity contribution >= 4 is 23.5 Å². The Balaban J connectivity index is 1.83. The van der Waals surface area contributed by atoms with Gasteiger partial charge >= 0.3 is 0 Å². The molecule has 0 fully saturated rings. The number of aliphatic imine (C=N–C) groups is 2. The molecule has 0 saturated carbocycles. The zero-order valence-corrected chi connectivity index (χ0v) is 10.8. The Morgan fingerprint density at radius 2 is 1.43 bits per heavy atom. The summed E-state index contributed by atoms with van der Waals surface area (Å²) >= 11 is 0. The van der Waals surface area contributed by atoms with Crippen LogP contribution in [0.2, 0.25) is 0 Å². The topological polar surface area (TPSA) is 70.9 Å². The zero-order valence-electron chi connectivity index (χ0n) is 10.8. The van der Waals surface area contributed by atoms with Crippen molar-refractivity contribution in [1.29, 1.82) is 0 Å². The lowest BCUT2D eigenvalue weighted by molar-refractivity contribution is 0.0981. The number of carbonyl (C=O) groups excluding carboxylic acids is 2. The Labute approximate surface area is 120 Å². The van der Waals surface area contributed by atoms with Gasteiger partial charge in [0.1, 0.15) is 5.84 Å². The molecule has 21 heavy (non-hydrogen) atoms. The number of fused-ring (bicyclic) bond motifs is 2. The van der Waals surface area contributed by atoms with E-state index in [2.05, 4.69) is 15.3 Å². The van der Waals surface area contributed by atoms with Gasteiger partial charge in [0.25, 0.3) is 11.8 Å². The molecular formula is C16H9N3O2. The first-order chi connectivity index (χ1) is 10.2. The second-order valence-corrected chi connectivity index (χ2v) is 4.75. The summed E-state index contributed by atoms with van der Waals surface area (Å²) in [5.41, 5.74) is 2.53. The summed E-state index contributed by atoms with van der Waals surface area (Å²) in [7, 11) is 0. The average molecular weight is 275 g/mol. The molecule has 0 aromatic heterocycles. The molecule has 0 spiro atoms. The van der Waals surface area contributed by atoms with Crippen molar-refractivity contribution in [3.63, 3.8) is 0 Å². The van der Waals surface area contributed by atoms with Gasteiger partial charge < -0.3 is 5.32 Å². The summed E-state index contributed by atoms with van der Waals surface area (Å²) in [6, 6.07) is 14.3. The van der Waals surface area contributed by atoms with Crippen LogP contribution in [0.25, 0.3) is 0 Å². The van der Waals surface area contributed by atoms with Crippen LogP contribution in [-0.4, -0.2) is 23.5 Å². The van der Waals surface area contributed by atoms with E-state index in [1.54, 1.807) is 30.3 Å². The highest BCUT2D eigenvalue weighted by molar-refractivity contribution is 6.29. The average Bonchev–Trinajstić information content (AvgIpc) is 3.00. The van der Waals surface area contributed by atoms with E-state index in [-0.39, 0.29) is 11.8 Å². The molecule has 2 heterocycles. The number of amidine groups is 2. The van der Waals surface area contributed by atoms with Gasteiger partial charge in [0.15, 0.2) is 5.84 Å². The molecule has 0 atom stereocenters. The van der Waals surface area contributed by atoms with E-state index >= 15 is 0 Å². The van der Waals surface area contributed by atoms with Crippen molar-refractivity contribution in [2.75, 3.05) is 0 Å². The Bertz CT molecular complexity index is 865. The maximum absolute atomic E-state index is 11.9. The molecule has 2 aromatic carbocycles. The van der Waals surface area contributed by atoms with Gasteiger partial charge in [-0.1, -0.05) is 36.4 Å². The highest BCUT2D eigenvalue weighted by Gasteiger charge is 2.27. The number of nitrogens with one attached hydrogen (secondary N) is 1. The fourth-order valence-corrected chi connectivity index (χ4v) is 2.49. The van der Waals surface area contributed by atoms with Gasteiger partial charge in [-0.05, 0) is 12.1 Å². The molecule has 100 valence electrons. The Hall–Kier alpha value is -3.08. The van der Waals surface area contributed by atoms with Crippen LogP contribution in [0.5, 0.6) is 0 Å². The van der Waals surface area contributed by atoms with Crippen LogP contribution < -0.4 is 5.32 Å². The second kappa shape index (κ2) is 4.21. The van der Waals surface area contributed by atoms with Gasteiger partial charge in [0.05, 0.1) is 11.1 Å². The fraction of sp³-hybridized carbons (Fsp3) is 0. The van der Waals surface area contributed by atoms with Gasteiger partial charge in [-0.2, -0.15) is 4.99 Å². The molecule has 0 bridgehead atoms. The number of hydrogen-bond donors (Lipinski definition) is 1. The van der Waals surface area contributed by atoms with Crippen LogP contribution in [-0.2, 0) is 0 Å². The predicted molar refractivity (Wildman–Crippen MR) is 77.8 cm³/mol. The summed E-state index contributed by atoms with van der Waals surface area (Å²) in [4.78, 5) is 32.0. The van der Waals surface area contributed by atoms with Crippen LogP contribution in [0.3, 0.4) is 0 Å². The second-order valence-electron chi connectivity index (χ2n) is 4.75. The van der Waals surface area contributed by atoms with Gasteiger partial charge in [0.2, 0.25) is 0 Å². The first kappa shape index (κ1) is 11.7. The Morgan fingerprint density at radius 1 is 0.810 bits per heavy atom. The first-order valence-electron chi connectivity index (χ1n) is 6.46. The van der Waals surface area contributed by atoms with Gasteiger partial charge in [0, 0.05) is 11.1 Å². The van der Waals surface area contributed by atoms with Gasteiger partial charge in [-0.15, -0.1) is 0 Å².